The van der Waals surface area contributed by atoms with E-state index in [1.807, 2.05) is 6.92 Å². The van der Waals surface area contributed by atoms with Crippen LogP contribution in [0.2, 0.25) is 0 Å². The predicted octanol–water partition coefficient (Wildman–Crippen LogP) is 0.584. The molecule has 1 amide bonds. The Morgan fingerprint density at radius 2 is 2.21 bits per heavy atom. The van der Waals surface area contributed by atoms with Crippen molar-refractivity contribution in [3.63, 3.8) is 0 Å². The lowest BCUT2D eigenvalue weighted by atomic mass is 10.0. The minimum atomic E-state index is -0.194. The van der Waals surface area contributed by atoms with Crippen molar-refractivity contribution < 1.29 is 14.3 Å². The van der Waals surface area contributed by atoms with Crippen molar-refractivity contribution in [1.29, 1.82) is 0 Å². The molecule has 4 nitrogen and oxygen atoms in total. The van der Waals surface area contributed by atoms with Gasteiger partial charge >= 0.3 is 5.97 Å². The first-order valence-electron chi connectivity index (χ1n) is 4.77. The van der Waals surface area contributed by atoms with Crippen LogP contribution in [0.15, 0.2) is 12.7 Å². The van der Waals surface area contributed by atoms with Crippen LogP contribution in [0.1, 0.15) is 13.3 Å². The summed E-state index contributed by atoms with van der Waals surface area (Å²) in [6.07, 6.45) is 2.08. The van der Waals surface area contributed by atoms with Gasteiger partial charge in [-0.05, 0) is 12.5 Å². The molecule has 1 saturated heterocycles. The first kappa shape index (κ1) is 10.8. The molecule has 1 fully saturated rings. The third-order valence-corrected chi connectivity index (χ3v) is 2.15. The fourth-order valence-corrected chi connectivity index (χ4v) is 1.26. The highest BCUT2D eigenvalue weighted by molar-refractivity contribution is 5.89. The van der Waals surface area contributed by atoms with Crippen LogP contribution in [0.4, 0.5) is 0 Å². The number of hydrogen-bond acceptors (Lipinski definition) is 3. The van der Waals surface area contributed by atoms with E-state index in [9.17, 15) is 9.59 Å². The lowest BCUT2D eigenvalue weighted by Crippen LogP contribution is -2.53. The Labute approximate surface area is 83.5 Å². The van der Waals surface area contributed by atoms with Gasteiger partial charge < -0.3 is 9.64 Å². The van der Waals surface area contributed by atoms with Crippen molar-refractivity contribution in [1.82, 2.24) is 4.90 Å². The van der Waals surface area contributed by atoms with Gasteiger partial charge in [-0.25, -0.2) is 0 Å². The number of nitrogens with zero attached hydrogens (tertiary/aromatic N) is 1. The van der Waals surface area contributed by atoms with E-state index in [2.05, 4.69) is 6.58 Å². The maximum atomic E-state index is 11.3. The Morgan fingerprint density at radius 1 is 1.57 bits per heavy atom. The maximum absolute atomic E-state index is 11.3. The Morgan fingerprint density at radius 3 is 2.71 bits per heavy atom. The SMILES string of the molecule is C=CC(=O)N1CC(C(=O)OCCC)C1. The van der Waals surface area contributed by atoms with Gasteiger partial charge in [0.25, 0.3) is 0 Å². The van der Waals surface area contributed by atoms with Crippen LogP contribution in [0.5, 0.6) is 0 Å². The first-order chi connectivity index (χ1) is 6.69. The van der Waals surface area contributed by atoms with Crippen molar-refractivity contribution in [2.75, 3.05) is 19.7 Å². The average Bonchev–Trinajstić information content (AvgIpc) is 2.11. The zero-order valence-corrected chi connectivity index (χ0v) is 8.36. The van der Waals surface area contributed by atoms with Gasteiger partial charge in [0, 0.05) is 13.1 Å². The standard InChI is InChI=1S/C10H15NO3/c1-3-5-14-10(13)8-6-11(7-8)9(12)4-2/h4,8H,2-3,5-7H2,1H3. The van der Waals surface area contributed by atoms with Gasteiger partial charge in [0.15, 0.2) is 0 Å². The highest BCUT2D eigenvalue weighted by Crippen LogP contribution is 2.17. The molecule has 0 bridgehead atoms. The van der Waals surface area contributed by atoms with Crippen molar-refractivity contribution in [2.24, 2.45) is 5.92 Å². The summed E-state index contributed by atoms with van der Waals surface area (Å²) in [5.41, 5.74) is 0. The molecule has 0 aliphatic carbocycles. The minimum Gasteiger partial charge on any atom is -0.465 e. The molecule has 4 heteroatoms. The van der Waals surface area contributed by atoms with Gasteiger partial charge in [-0.3, -0.25) is 9.59 Å². The highest BCUT2D eigenvalue weighted by atomic mass is 16.5. The molecule has 1 aliphatic heterocycles. The molecule has 1 aliphatic rings. The molecule has 0 unspecified atom stereocenters. The fraction of sp³-hybridized carbons (Fsp3) is 0.600. The molecule has 0 saturated carbocycles. The summed E-state index contributed by atoms with van der Waals surface area (Å²) in [5, 5.41) is 0. The third-order valence-electron chi connectivity index (χ3n) is 2.15. The number of ether oxygens (including phenoxy) is 1. The van der Waals surface area contributed by atoms with Crippen molar-refractivity contribution in [2.45, 2.75) is 13.3 Å². The first-order valence-corrected chi connectivity index (χ1v) is 4.77. The zero-order valence-electron chi connectivity index (χ0n) is 8.36. The van der Waals surface area contributed by atoms with Crippen LogP contribution in [0.3, 0.4) is 0 Å². The van der Waals surface area contributed by atoms with Crippen molar-refractivity contribution in [3.8, 4) is 0 Å². The molecular weight excluding hydrogens is 182 g/mol. The monoisotopic (exact) mass is 197 g/mol. The molecule has 14 heavy (non-hydrogen) atoms. The third kappa shape index (κ3) is 2.34. The van der Waals surface area contributed by atoms with Crippen LogP contribution in [-0.2, 0) is 14.3 Å². The molecule has 0 spiro atoms. The summed E-state index contributed by atoms with van der Waals surface area (Å²) in [6, 6.07) is 0. The molecule has 0 aromatic heterocycles. The van der Waals surface area contributed by atoms with Gasteiger partial charge in [-0.1, -0.05) is 13.5 Å². The van der Waals surface area contributed by atoms with E-state index in [-0.39, 0.29) is 17.8 Å². The van der Waals surface area contributed by atoms with Crippen LogP contribution >= 0.6 is 0 Å². The van der Waals surface area contributed by atoms with Crippen molar-refractivity contribution >= 4 is 11.9 Å². The van der Waals surface area contributed by atoms with E-state index < -0.39 is 0 Å². The number of amides is 1. The number of carbonyl (C=O) groups excluding carboxylic acids is 2. The Kier molecular flexibility index (Phi) is 3.68. The second kappa shape index (κ2) is 4.79. The Bertz CT molecular complexity index is 244. The normalized spacial score (nSPS) is 15.9. The fourth-order valence-electron chi connectivity index (χ4n) is 1.26. The molecular formula is C10H15NO3. The zero-order chi connectivity index (χ0) is 10.6. The van der Waals surface area contributed by atoms with Gasteiger partial charge in [0.05, 0.1) is 12.5 Å². The van der Waals surface area contributed by atoms with Crippen LogP contribution in [-0.4, -0.2) is 36.5 Å². The quantitative estimate of drug-likeness (QED) is 0.489. The lowest BCUT2D eigenvalue weighted by Gasteiger charge is -2.36. The van der Waals surface area contributed by atoms with Gasteiger partial charge in [-0.2, -0.15) is 0 Å². The van der Waals surface area contributed by atoms with E-state index in [0.717, 1.165) is 6.42 Å². The Hall–Kier alpha value is -1.32. The van der Waals surface area contributed by atoms with E-state index in [1.165, 1.54) is 6.08 Å². The molecule has 0 aromatic carbocycles. The van der Waals surface area contributed by atoms with Crippen LogP contribution in [0.25, 0.3) is 0 Å². The van der Waals surface area contributed by atoms with Gasteiger partial charge in [-0.15, -0.1) is 0 Å². The molecule has 1 rings (SSSR count). The van der Waals surface area contributed by atoms with Gasteiger partial charge in [0.2, 0.25) is 5.91 Å². The number of hydrogen-bond donors (Lipinski definition) is 0. The van der Waals surface area contributed by atoms with Gasteiger partial charge in [0.1, 0.15) is 0 Å². The minimum absolute atomic E-state index is 0.121. The molecule has 0 radical (unpaired) electrons. The summed E-state index contributed by atoms with van der Waals surface area (Å²) >= 11 is 0. The lowest BCUT2D eigenvalue weighted by molar-refractivity contribution is -0.156. The summed E-state index contributed by atoms with van der Waals surface area (Å²) in [7, 11) is 0. The largest absolute Gasteiger partial charge is 0.465 e. The summed E-state index contributed by atoms with van der Waals surface area (Å²) in [5.74, 6) is -0.449. The van der Waals surface area contributed by atoms with E-state index >= 15 is 0 Å². The molecule has 0 atom stereocenters. The van der Waals surface area contributed by atoms with E-state index in [1.54, 1.807) is 4.90 Å². The Balaban J connectivity index is 2.23. The number of carbonyl (C=O) groups is 2. The molecule has 1 heterocycles. The highest BCUT2D eigenvalue weighted by Gasteiger charge is 2.35. The smallest absolute Gasteiger partial charge is 0.312 e. The topological polar surface area (TPSA) is 46.6 Å². The summed E-state index contributed by atoms with van der Waals surface area (Å²) in [4.78, 5) is 23.9. The second-order valence-electron chi connectivity index (χ2n) is 3.31. The second-order valence-corrected chi connectivity index (χ2v) is 3.31. The maximum Gasteiger partial charge on any atom is 0.312 e. The van der Waals surface area contributed by atoms with E-state index in [4.69, 9.17) is 4.74 Å². The number of esters is 1. The predicted molar refractivity (Wildman–Crippen MR) is 51.5 cm³/mol. The summed E-state index contributed by atoms with van der Waals surface area (Å²) < 4.78 is 4.95. The molecule has 0 aromatic rings. The number of rotatable bonds is 4. The summed E-state index contributed by atoms with van der Waals surface area (Å²) in [6.45, 7) is 6.72. The molecule has 78 valence electrons. The number of likely N-dealkylation sites (tertiary alicyclic amines) is 1. The van der Waals surface area contributed by atoms with Crippen LogP contribution < -0.4 is 0 Å². The molecule has 0 N–H and O–H groups in total. The van der Waals surface area contributed by atoms with Crippen LogP contribution in [0, 0.1) is 5.92 Å². The van der Waals surface area contributed by atoms with E-state index in [0.29, 0.717) is 19.7 Å². The average molecular weight is 197 g/mol. The van der Waals surface area contributed by atoms with Crippen molar-refractivity contribution in [3.05, 3.63) is 12.7 Å².